The summed E-state index contributed by atoms with van der Waals surface area (Å²) in [5, 5.41) is 0. The highest BCUT2D eigenvalue weighted by Crippen LogP contribution is 2.30. The number of carbonyl (C=O) groups is 2. The number of rotatable bonds is 2. The van der Waals surface area contributed by atoms with Crippen LogP contribution in [-0.2, 0) is 14.6 Å². The zero-order valence-electron chi connectivity index (χ0n) is 10.0. The van der Waals surface area contributed by atoms with Crippen molar-refractivity contribution in [2.24, 2.45) is 0 Å². The van der Waals surface area contributed by atoms with Crippen molar-refractivity contribution in [1.29, 1.82) is 0 Å². The van der Waals surface area contributed by atoms with Crippen molar-refractivity contribution >= 4 is 21.8 Å². The number of amides is 3. The Hall–Kier alpha value is -1.11. The van der Waals surface area contributed by atoms with Crippen molar-refractivity contribution in [3.8, 4) is 0 Å². The summed E-state index contributed by atoms with van der Waals surface area (Å²) in [5.74, 6) is -0.0437. The molecule has 2 saturated heterocycles. The predicted molar refractivity (Wildman–Crippen MR) is 63.6 cm³/mol. The third-order valence-electron chi connectivity index (χ3n) is 4.12. The van der Waals surface area contributed by atoms with E-state index in [1.807, 2.05) is 0 Å². The average molecular weight is 272 g/mol. The zero-order chi connectivity index (χ0) is 12.9. The van der Waals surface area contributed by atoms with E-state index in [1.54, 1.807) is 0 Å². The fraction of sp³-hybridized carbons (Fsp3) is 0.818. The molecule has 1 aliphatic carbocycles. The minimum absolute atomic E-state index is 0.00449. The van der Waals surface area contributed by atoms with Crippen molar-refractivity contribution in [3.05, 3.63) is 0 Å². The minimum atomic E-state index is -3.03. The Morgan fingerprint density at radius 2 is 1.78 bits per heavy atom. The summed E-state index contributed by atoms with van der Waals surface area (Å²) in [7, 11) is -3.03. The van der Waals surface area contributed by atoms with Crippen LogP contribution in [0.15, 0.2) is 0 Å². The van der Waals surface area contributed by atoms with Crippen molar-refractivity contribution in [3.63, 3.8) is 0 Å². The van der Waals surface area contributed by atoms with E-state index >= 15 is 0 Å². The van der Waals surface area contributed by atoms with Crippen LogP contribution in [0.1, 0.15) is 25.7 Å². The van der Waals surface area contributed by atoms with Gasteiger partial charge in [0, 0.05) is 12.1 Å². The first kappa shape index (κ1) is 12.0. The Balaban J connectivity index is 1.75. The molecule has 0 bridgehead atoms. The highest BCUT2D eigenvalue weighted by molar-refractivity contribution is 7.91. The molecule has 3 rings (SSSR count). The van der Waals surface area contributed by atoms with Gasteiger partial charge < -0.3 is 4.90 Å². The first-order chi connectivity index (χ1) is 8.48. The van der Waals surface area contributed by atoms with Gasteiger partial charge in [0.25, 0.3) is 5.91 Å². The summed E-state index contributed by atoms with van der Waals surface area (Å²) in [5.41, 5.74) is 0. The lowest BCUT2D eigenvalue weighted by molar-refractivity contribution is -0.128. The van der Waals surface area contributed by atoms with E-state index in [1.165, 1.54) is 9.80 Å². The fourth-order valence-electron chi connectivity index (χ4n) is 2.85. The summed E-state index contributed by atoms with van der Waals surface area (Å²) >= 11 is 0. The Morgan fingerprint density at radius 1 is 1.06 bits per heavy atom. The first-order valence-electron chi connectivity index (χ1n) is 6.31. The normalized spacial score (nSPS) is 32.1. The molecule has 100 valence electrons. The molecule has 0 spiro atoms. The van der Waals surface area contributed by atoms with Gasteiger partial charge in [-0.15, -0.1) is 0 Å². The molecule has 3 aliphatic rings. The maximum Gasteiger partial charge on any atom is 0.327 e. The molecule has 1 unspecified atom stereocenters. The van der Waals surface area contributed by atoms with E-state index in [4.69, 9.17) is 0 Å². The fourth-order valence-corrected chi connectivity index (χ4v) is 4.58. The maximum absolute atomic E-state index is 12.2. The Labute approximate surface area is 106 Å². The SMILES string of the molecule is O=C1CN(C2CCS(=O)(=O)C2)C(=O)N1C1CCC1. The molecule has 0 aromatic carbocycles. The Kier molecular flexibility index (Phi) is 2.62. The van der Waals surface area contributed by atoms with Crippen LogP contribution < -0.4 is 0 Å². The molecular formula is C11H16N2O4S. The van der Waals surface area contributed by atoms with Gasteiger partial charge >= 0.3 is 6.03 Å². The third-order valence-corrected chi connectivity index (χ3v) is 5.87. The summed E-state index contributed by atoms with van der Waals surface area (Å²) < 4.78 is 22.9. The summed E-state index contributed by atoms with van der Waals surface area (Å²) in [6.45, 7) is 0.0511. The summed E-state index contributed by atoms with van der Waals surface area (Å²) in [4.78, 5) is 26.8. The maximum atomic E-state index is 12.2. The van der Waals surface area contributed by atoms with E-state index in [0.29, 0.717) is 6.42 Å². The van der Waals surface area contributed by atoms with Gasteiger partial charge in [0.15, 0.2) is 9.84 Å². The molecule has 3 amide bonds. The number of hydrogen-bond acceptors (Lipinski definition) is 4. The summed E-state index contributed by atoms with van der Waals surface area (Å²) in [6.07, 6.45) is 3.28. The van der Waals surface area contributed by atoms with E-state index < -0.39 is 9.84 Å². The second-order valence-electron chi connectivity index (χ2n) is 5.32. The van der Waals surface area contributed by atoms with Gasteiger partial charge in [0.1, 0.15) is 6.54 Å². The van der Waals surface area contributed by atoms with Gasteiger partial charge in [-0.1, -0.05) is 0 Å². The van der Waals surface area contributed by atoms with Crippen molar-refractivity contribution in [1.82, 2.24) is 9.80 Å². The average Bonchev–Trinajstić information content (AvgIpc) is 2.70. The van der Waals surface area contributed by atoms with Crippen LogP contribution >= 0.6 is 0 Å². The molecule has 1 atom stereocenters. The molecule has 6 nitrogen and oxygen atoms in total. The van der Waals surface area contributed by atoms with Gasteiger partial charge in [0.2, 0.25) is 0 Å². The summed E-state index contributed by atoms with van der Waals surface area (Å²) in [6, 6.07) is -0.545. The lowest BCUT2D eigenvalue weighted by Crippen LogP contribution is -2.46. The van der Waals surface area contributed by atoms with E-state index in [-0.39, 0.29) is 42.1 Å². The van der Waals surface area contributed by atoms with E-state index in [9.17, 15) is 18.0 Å². The molecule has 1 saturated carbocycles. The molecule has 0 aromatic heterocycles. The van der Waals surface area contributed by atoms with Gasteiger partial charge in [-0.3, -0.25) is 9.69 Å². The standard InChI is InChI=1S/C11H16N2O4S/c14-10-6-12(9-4-5-18(16,17)7-9)11(15)13(10)8-2-1-3-8/h8-9H,1-7H2. The van der Waals surface area contributed by atoms with Gasteiger partial charge in [-0.25, -0.2) is 13.2 Å². The molecule has 0 aromatic rings. The topological polar surface area (TPSA) is 74.8 Å². The van der Waals surface area contributed by atoms with Crippen LogP contribution in [0.25, 0.3) is 0 Å². The molecule has 18 heavy (non-hydrogen) atoms. The largest absolute Gasteiger partial charge is 0.327 e. The van der Waals surface area contributed by atoms with Gasteiger partial charge in [-0.05, 0) is 25.7 Å². The third kappa shape index (κ3) is 1.81. The number of urea groups is 1. The number of sulfone groups is 1. The van der Waals surface area contributed by atoms with Crippen LogP contribution in [-0.4, -0.2) is 60.3 Å². The molecule has 0 N–H and O–H groups in total. The Bertz CT molecular complexity index is 497. The first-order valence-corrected chi connectivity index (χ1v) is 8.13. The second kappa shape index (κ2) is 3.94. The highest BCUT2D eigenvalue weighted by Gasteiger charge is 2.46. The smallest absolute Gasteiger partial charge is 0.311 e. The van der Waals surface area contributed by atoms with Crippen LogP contribution in [0.5, 0.6) is 0 Å². The van der Waals surface area contributed by atoms with Crippen LogP contribution in [0, 0.1) is 0 Å². The highest BCUT2D eigenvalue weighted by atomic mass is 32.2. The lowest BCUT2D eigenvalue weighted by Gasteiger charge is -2.33. The van der Waals surface area contributed by atoms with E-state index in [0.717, 1.165) is 19.3 Å². The predicted octanol–water partition coefficient (Wildman–Crippen LogP) is -0.00980. The molecular weight excluding hydrogens is 256 g/mol. The second-order valence-corrected chi connectivity index (χ2v) is 7.54. The number of carbonyl (C=O) groups excluding carboxylic acids is 2. The van der Waals surface area contributed by atoms with Gasteiger partial charge in [0.05, 0.1) is 11.5 Å². The molecule has 3 fully saturated rings. The Morgan fingerprint density at radius 3 is 2.28 bits per heavy atom. The monoisotopic (exact) mass is 272 g/mol. The molecule has 7 heteroatoms. The molecule has 2 aliphatic heterocycles. The van der Waals surface area contributed by atoms with E-state index in [2.05, 4.69) is 0 Å². The van der Waals surface area contributed by atoms with Crippen molar-refractivity contribution in [2.45, 2.75) is 37.8 Å². The minimum Gasteiger partial charge on any atom is -0.311 e. The van der Waals surface area contributed by atoms with Crippen LogP contribution in [0.2, 0.25) is 0 Å². The number of hydrogen-bond donors (Lipinski definition) is 0. The number of imide groups is 1. The zero-order valence-corrected chi connectivity index (χ0v) is 10.9. The van der Waals surface area contributed by atoms with Crippen LogP contribution in [0.4, 0.5) is 4.79 Å². The number of nitrogens with zero attached hydrogens (tertiary/aromatic N) is 2. The lowest BCUT2D eigenvalue weighted by atomic mass is 9.92. The van der Waals surface area contributed by atoms with Gasteiger partial charge in [-0.2, -0.15) is 0 Å². The van der Waals surface area contributed by atoms with Crippen molar-refractivity contribution in [2.75, 3.05) is 18.1 Å². The quantitative estimate of drug-likeness (QED) is 0.663. The molecule has 0 radical (unpaired) electrons. The van der Waals surface area contributed by atoms with Crippen LogP contribution in [0.3, 0.4) is 0 Å². The molecule has 2 heterocycles. The van der Waals surface area contributed by atoms with Crippen molar-refractivity contribution < 1.29 is 18.0 Å².